The van der Waals surface area contributed by atoms with Crippen LogP contribution in [0.5, 0.6) is 11.5 Å². The number of nitrogens with zero attached hydrogens (tertiary/aromatic N) is 3. The van der Waals surface area contributed by atoms with Crippen LogP contribution in [0.3, 0.4) is 0 Å². The third-order valence-corrected chi connectivity index (χ3v) is 7.48. The Hall–Kier alpha value is -4.93. The molecule has 2 heterocycles. The Kier molecular flexibility index (Phi) is 8.19. The number of para-hydroxylation sites is 1. The molecule has 0 saturated heterocycles. The summed E-state index contributed by atoms with van der Waals surface area (Å²) in [5.74, 6) is 0.737. The minimum absolute atomic E-state index is 0.195. The number of halogens is 2. The molecule has 0 unspecified atom stereocenters. The summed E-state index contributed by atoms with van der Waals surface area (Å²) in [5.41, 5.74) is 3.03. The molecule has 2 aromatic heterocycles. The molecular weight excluding hydrogens is 648 g/mol. The molecule has 4 aromatic carbocycles. The van der Waals surface area contributed by atoms with E-state index < -0.39 is 0 Å². The number of methoxy groups -OCH3 is 1. The van der Waals surface area contributed by atoms with Crippen LogP contribution in [0.25, 0.3) is 33.5 Å². The highest BCUT2D eigenvalue weighted by Gasteiger charge is 2.18. The van der Waals surface area contributed by atoms with Crippen molar-refractivity contribution in [2.75, 3.05) is 19.0 Å². The molecule has 6 aromatic rings. The van der Waals surface area contributed by atoms with E-state index in [2.05, 4.69) is 26.3 Å². The number of furan rings is 1. The Morgan fingerprint density at radius 3 is 2.68 bits per heavy atom. The van der Waals surface area contributed by atoms with Gasteiger partial charge in [-0.3, -0.25) is 9.59 Å². The van der Waals surface area contributed by atoms with E-state index in [4.69, 9.17) is 30.5 Å². The van der Waals surface area contributed by atoms with Gasteiger partial charge in [0.05, 0.1) is 29.2 Å². The Bertz CT molecular complexity index is 2120. The molecule has 44 heavy (non-hydrogen) atoms. The van der Waals surface area contributed by atoms with Gasteiger partial charge >= 0.3 is 0 Å². The number of hydrogen-bond donors (Lipinski definition) is 1. The number of aromatic nitrogens is 2. The van der Waals surface area contributed by atoms with Gasteiger partial charge in [0.15, 0.2) is 23.9 Å². The van der Waals surface area contributed by atoms with Crippen LogP contribution in [-0.2, 0) is 4.79 Å². The van der Waals surface area contributed by atoms with Crippen LogP contribution in [-0.4, -0.2) is 35.5 Å². The van der Waals surface area contributed by atoms with Crippen LogP contribution in [0.1, 0.15) is 11.1 Å². The molecular formula is C33H24BrClN4O5. The normalized spacial score (nSPS) is 11.4. The van der Waals surface area contributed by atoms with Gasteiger partial charge in [0.25, 0.3) is 11.5 Å². The van der Waals surface area contributed by atoms with Gasteiger partial charge in [-0.25, -0.2) is 4.98 Å². The average Bonchev–Trinajstić information content (AvgIpc) is 3.44. The second-order valence-corrected chi connectivity index (χ2v) is 11.2. The Labute approximate surface area is 264 Å². The average molecular weight is 672 g/mol. The van der Waals surface area contributed by atoms with Gasteiger partial charge in [-0.1, -0.05) is 57.4 Å². The van der Waals surface area contributed by atoms with Crippen LogP contribution in [0.2, 0.25) is 5.02 Å². The monoisotopic (exact) mass is 670 g/mol. The van der Waals surface area contributed by atoms with Gasteiger partial charge in [-0.2, -0.15) is 9.78 Å². The summed E-state index contributed by atoms with van der Waals surface area (Å²) in [6, 6.07) is 25.1. The van der Waals surface area contributed by atoms with E-state index in [1.807, 2.05) is 61.5 Å². The number of amides is 1. The number of nitrogens with one attached hydrogen (secondary N) is 1. The van der Waals surface area contributed by atoms with Crippen LogP contribution in [0, 0.1) is 6.92 Å². The van der Waals surface area contributed by atoms with Crippen molar-refractivity contribution in [2.24, 2.45) is 5.10 Å². The summed E-state index contributed by atoms with van der Waals surface area (Å²) < 4.78 is 19.4. The zero-order valence-corrected chi connectivity index (χ0v) is 25.8. The molecule has 9 nitrogen and oxygen atoms in total. The molecule has 220 valence electrons. The molecule has 1 N–H and O–H groups in total. The van der Waals surface area contributed by atoms with Crippen LogP contribution in [0.4, 0.5) is 5.69 Å². The van der Waals surface area contributed by atoms with E-state index in [1.165, 1.54) is 18.0 Å². The number of anilines is 1. The lowest BCUT2D eigenvalue weighted by atomic mass is 10.2. The highest BCUT2D eigenvalue weighted by Crippen LogP contribution is 2.36. The molecule has 0 saturated carbocycles. The minimum Gasteiger partial charge on any atom is -0.493 e. The Balaban J connectivity index is 1.31. The van der Waals surface area contributed by atoms with E-state index in [0.717, 1.165) is 15.4 Å². The van der Waals surface area contributed by atoms with Crippen molar-refractivity contribution in [1.29, 1.82) is 0 Å². The number of fused-ring (bicyclic) bond motifs is 2. The molecule has 11 heteroatoms. The van der Waals surface area contributed by atoms with Crippen molar-refractivity contribution in [1.82, 2.24) is 9.66 Å². The minimum atomic E-state index is -0.374. The van der Waals surface area contributed by atoms with Crippen molar-refractivity contribution in [2.45, 2.75) is 6.92 Å². The summed E-state index contributed by atoms with van der Waals surface area (Å²) in [6.45, 7) is 1.68. The van der Waals surface area contributed by atoms with Crippen LogP contribution >= 0.6 is 27.5 Å². The largest absolute Gasteiger partial charge is 0.493 e. The van der Waals surface area contributed by atoms with Gasteiger partial charge in [0.1, 0.15) is 5.58 Å². The third-order valence-electron chi connectivity index (χ3n) is 6.71. The number of rotatable bonds is 8. The summed E-state index contributed by atoms with van der Waals surface area (Å²) in [5, 5.41) is 8.70. The molecule has 0 bridgehead atoms. The molecule has 1 amide bonds. The Morgan fingerprint density at radius 2 is 1.89 bits per heavy atom. The number of carbonyl (C=O) groups excluding carboxylic acids is 1. The predicted octanol–water partition coefficient (Wildman–Crippen LogP) is 7.44. The molecule has 0 aliphatic carbocycles. The SMILES string of the molecule is COc1cc(C=Nn2c(-c3cc4cc(Br)ccc4o3)nc3ccccc3c2=O)cc(Cl)c1OCC(=O)Nc1ccc(C)cc1. The van der Waals surface area contributed by atoms with Crippen molar-refractivity contribution >= 4 is 67.2 Å². The van der Waals surface area contributed by atoms with Crippen LogP contribution < -0.4 is 20.3 Å². The molecule has 0 spiro atoms. The van der Waals surface area contributed by atoms with Crippen molar-refractivity contribution in [3.63, 3.8) is 0 Å². The second-order valence-electron chi connectivity index (χ2n) is 9.84. The quantitative estimate of drug-likeness (QED) is 0.169. The van der Waals surface area contributed by atoms with E-state index in [1.54, 1.807) is 30.3 Å². The fraction of sp³-hybridized carbons (Fsp3) is 0.0909. The maximum absolute atomic E-state index is 13.6. The van der Waals surface area contributed by atoms with Crippen molar-refractivity contribution < 1.29 is 18.7 Å². The first-order valence-corrected chi connectivity index (χ1v) is 14.6. The zero-order valence-electron chi connectivity index (χ0n) is 23.5. The Morgan fingerprint density at radius 1 is 1.09 bits per heavy atom. The first-order chi connectivity index (χ1) is 21.3. The summed E-state index contributed by atoms with van der Waals surface area (Å²) in [7, 11) is 1.46. The fourth-order valence-corrected chi connectivity index (χ4v) is 5.22. The molecule has 6 rings (SSSR count). The number of aryl methyl sites for hydroxylation is 1. The lowest BCUT2D eigenvalue weighted by molar-refractivity contribution is -0.118. The number of benzene rings is 4. The van der Waals surface area contributed by atoms with Gasteiger partial charge in [0, 0.05) is 15.5 Å². The lowest BCUT2D eigenvalue weighted by Crippen LogP contribution is -2.20. The first kappa shape index (κ1) is 29.2. The van der Waals surface area contributed by atoms with Crippen LogP contribution in [0.15, 0.2) is 104 Å². The van der Waals surface area contributed by atoms with Crippen molar-refractivity contribution in [3.05, 3.63) is 116 Å². The number of ether oxygens (including phenoxy) is 2. The number of hydrogen-bond acceptors (Lipinski definition) is 7. The van der Waals surface area contributed by atoms with E-state index >= 15 is 0 Å². The second kappa shape index (κ2) is 12.4. The zero-order chi connectivity index (χ0) is 30.8. The molecule has 0 aliphatic rings. The maximum atomic E-state index is 13.6. The van der Waals surface area contributed by atoms with E-state index in [-0.39, 0.29) is 40.4 Å². The molecule has 0 fully saturated rings. The molecule has 0 radical (unpaired) electrons. The van der Waals surface area contributed by atoms with Crippen molar-refractivity contribution in [3.8, 4) is 23.1 Å². The standard InChI is InChI=1S/C33H24BrClN4O5/c1-19-7-10-23(11-8-19)37-30(40)18-43-31-25(35)13-20(14-28(31)42-2)17-36-39-32(38-26-6-4-3-5-24(26)33(39)41)29-16-21-15-22(34)9-12-27(21)44-29/h3-17H,18H2,1-2H3,(H,37,40). The summed E-state index contributed by atoms with van der Waals surface area (Å²) in [6.07, 6.45) is 1.46. The highest BCUT2D eigenvalue weighted by molar-refractivity contribution is 9.10. The summed E-state index contributed by atoms with van der Waals surface area (Å²) >= 11 is 10.0. The number of carbonyl (C=O) groups is 1. The highest BCUT2D eigenvalue weighted by atomic mass is 79.9. The van der Waals surface area contributed by atoms with Gasteiger partial charge in [-0.05, 0) is 73.2 Å². The third kappa shape index (κ3) is 6.08. The van der Waals surface area contributed by atoms with E-state index in [9.17, 15) is 9.59 Å². The topological polar surface area (TPSA) is 108 Å². The van der Waals surface area contributed by atoms with E-state index in [0.29, 0.717) is 33.5 Å². The maximum Gasteiger partial charge on any atom is 0.282 e. The van der Waals surface area contributed by atoms with Gasteiger partial charge in [0.2, 0.25) is 5.82 Å². The smallest absolute Gasteiger partial charge is 0.282 e. The first-order valence-electron chi connectivity index (χ1n) is 13.4. The fourth-order valence-electron chi connectivity index (χ4n) is 4.57. The summed E-state index contributed by atoms with van der Waals surface area (Å²) in [4.78, 5) is 30.8. The molecule has 0 aliphatic heterocycles. The van der Waals surface area contributed by atoms with Gasteiger partial charge < -0.3 is 19.2 Å². The van der Waals surface area contributed by atoms with Gasteiger partial charge in [-0.15, -0.1) is 0 Å². The predicted molar refractivity (Wildman–Crippen MR) is 175 cm³/mol. The molecule has 0 atom stereocenters. The lowest BCUT2D eigenvalue weighted by Gasteiger charge is -2.13.